The second-order valence-electron chi connectivity index (χ2n) is 5.27. The van der Waals surface area contributed by atoms with Crippen LogP contribution >= 0.6 is 24.8 Å². The molecule has 1 aliphatic rings. The molecule has 0 spiro atoms. The molecule has 2 rings (SSSR count). The molecule has 1 aromatic heterocycles. The lowest BCUT2D eigenvalue weighted by Gasteiger charge is -2.37. The van der Waals surface area contributed by atoms with Gasteiger partial charge in [-0.3, -0.25) is 4.79 Å². The summed E-state index contributed by atoms with van der Waals surface area (Å²) in [5.41, 5.74) is 5.92. The van der Waals surface area contributed by atoms with Gasteiger partial charge in [-0.2, -0.15) is 0 Å². The predicted octanol–water partition coefficient (Wildman–Crippen LogP) is 1.56. The van der Waals surface area contributed by atoms with Crippen molar-refractivity contribution in [3.63, 3.8) is 0 Å². The standard InChI is InChI=1S/C14H22N4O.2ClH/c1-11(2)13(15)14(19)18-9-7-17(8-10-18)12-5-3-4-6-16-12;;/h3-6,11,13H,7-10,15H2,1-2H3;2*1H. The van der Waals surface area contributed by atoms with Crippen LogP contribution < -0.4 is 10.6 Å². The van der Waals surface area contributed by atoms with Crippen LogP contribution in [0.5, 0.6) is 0 Å². The zero-order valence-electron chi connectivity index (χ0n) is 12.4. The Morgan fingerprint density at radius 2 is 1.81 bits per heavy atom. The number of rotatable bonds is 3. The first-order valence-electron chi connectivity index (χ1n) is 6.80. The van der Waals surface area contributed by atoms with Crippen LogP contribution in [0.4, 0.5) is 5.82 Å². The van der Waals surface area contributed by atoms with Crippen LogP contribution in [-0.4, -0.2) is 48.0 Å². The lowest BCUT2D eigenvalue weighted by Crippen LogP contribution is -2.54. The third-order valence-corrected chi connectivity index (χ3v) is 3.57. The van der Waals surface area contributed by atoms with Gasteiger partial charge in [-0.15, -0.1) is 24.8 Å². The van der Waals surface area contributed by atoms with Gasteiger partial charge >= 0.3 is 0 Å². The molecule has 1 saturated heterocycles. The average Bonchev–Trinajstić information content (AvgIpc) is 2.46. The maximum absolute atomic E-state index is 12.1. The molecule has 7 heteroatoms. The monoisotopic (exact) mass is 334 g/mol. The molecular formula is C14H24Cl2N4O. The Morgan fingerprint density at radius 3 is 2.29 bits per heavy atom. The minimum atomic E-state index is -0.388. The van der Waals surface area contributed by atoms with Gasteiger partial charge in [0.05, 0.1) is 6.04 Å². The summed E-state index contributed by atoms with van der Waals surface area (Å²) in [7, 11) is 0. The largest absolute Gasteiger partial charge is 0.353 e. The van der Waals surface area contributed by atoms with Gasteiger partial charge < -0.3 is 15.5 Å². The molecule has 1 aromatic rings. The second kappa shape index (κ2) is 9.07. The Bertz CT molecular complexity index is 422. The number of carbonyl (C=O) groups is 1. The van der Waals surface area contributed by atoms with Crippen molar-refractivity contribution >= 4 is 36.5 Å². The Hall–Kier alpha value is -1.04. The molecular weight excluding hydrogens is 311 g/mol. The molecule has 0 aromatic carbocycles. The van der Waals surface area contributed by atoms with E-state index in [1.54, 1.807) is 6.20 Å². The number of nitrogens with zero attached hydrogens (tertiary/aromatic N) is 3. The third kappa shape index (κ3) is 5.02. The Morgan fingerprint density at radius 1 is 1.19 bits per heavy atom. The predicted molar refractivity (Wildman–Crippen MR) is 90.3 cm³/mol. The van der Waals surface area contributed by atoms with Crippen LogP contribution in [0.3, 0.4) is 0 Å². The molecule has 1 unspecified atom stereocenters. The summed E-state index contributed by atoms with van der Waals surface area (Å²) in [6.07, 6.45) is 1.79. The van der Waals surface area contributed by atoms with Crippen molar-refractivity contribution in [1.82, 2.24) is 9.88 Å². The molecule has 5 nitrogen and oxygen atoms in total. The number of carbonyl (C=O) groups excluding carboxylic acids is 1. The number of anilines is 1. The summed E-state index contributed by atoms with van der Waals surface area (Å²) in [6.45, 7) is 7.02. The maximum Gasteiger partial charge on any atom is 0.239 e. The van der Waals surface area contributed by atoms with Gasteiger partial charge in [-0.25, -0.2) is 4.98 Å². The van der Waals surface area contributed by atoms with E-state index in [0.717, 1.165) is 32.0 Å². The summed E-state index contributed by atoms with van der Waals surface area (Å²) in [4.78, 5) is 20.5. The molecule has 1 aliphatic heterocycles. The molecule has 1 amide bonds. The molecule has 2 N–H and O–H groups in total. The number of amides is 1. The van der Waals surface area contributed by atoms with Gasteiger partial charge in [0.2, 0.25) is 5.91 Å². The molecule has 0 bridgehead atoms. The quantitative estimate of drug-likeness (QED) is 0.911. The van der Waals surface area contributed by atoms with E-state index in [0.29, 0.717) is 0 Å². The summed E-state index contributed by atoms with van der Waals surface area (Å²) in [6, 6.07) is 5.50. The zero-order valence-corrected chi connectivity index (χ0v) is 14.1. The Labute approximate surface area is 138 Å². The highest BCUT2D eigenvalue weighted by molar-refractivity contribution is 5.85. The number of piperazine rings is 1. The first-order valence-corrected chi connectivity index (χ1v) is 6.80. The van der Waals surface area contributed by atoms with E-state index >= 15 is 0 Å². The fourth-order valence-electron chi connectivity index (χ4n) is 2.19. The summed E-state index contributed by atoms with van der Waals surface area (Å²) in [5, 5.41) is 0. The normalized spacial score (nSPS) is 16.0. The minimum absolute atomic E-state index is 0. The number of hydrogen-bond donors (Lipinski definition) is 1. The van der Waals surface area contributed by atoms with Gasteiger partial charge in [-0.1, -0.05) is 19.9 Å². The van der Waals surface area contributed by atoms with Gasteiger partial charge in [0.25, 0.3) is 0 Å². The number of aromatic nitrogens is 1. The van der Waals surface area contributed by atoms with Crippen LogP contribution in [-0.2, 0) is 4.79 Å². The number of pyridine rings is 1. The van der Waals surface area contributed by atoms with Crippen molar-refractivity contribution in [2.24, 2.45) is 11.7 Å². The first kappa shape index (κ1) is 20.0. The SMILES string of the molecule is CC(C)C(N)C(=O)N1CCN(c2ccccn2)CC1.Cl.Cl. The van der Waals surface area contributed by atoms with Gasteiger partial charge in [0.15, 0.2) is 0 Å². The fraction of sp³-hybridized carbons (Fsp3) is 0.571. The lowest BCUT2D eigenvalue weighted by atomic mass is 10.0. The van der Waals surface area contributed by atoms with Crippen molar-refractivity contribution in [2.75, 3.05) is 31.1 Å². The van der Waals surface area contributed by atoms with E-state index in [1.165, 1.54) is 0 Å². The smallest absolute Gasteiger partial charge is 0.239 e. The van der Waals surface area contributed by atoms with Gasteiger partial charge in [-0.05, 0) is 18.1 Å². The minimum Gasteiger partial charge on any atom is -0.353 e. The number of nitrogens with two attached hydrogens (primary N) is 1. The van der Waals surface area contributed by atoms with Crippen molar-refractivity contribution in [2.45, 2.75) is 19.9 Å². The molecule has 2 heterocycles. The highest BCUT2D eigenvalue weighted by atomic mass is 35.5. The molecule has 1 fully saturated rings. The van der Waals surface area contributed by atoms with E-state index in [9.17, 15) is 4.79 Å². The molecule has 0 saturated carbocycles. The lowest BCUT2D eigenvalue weighted by molar-refractivity contribution is -0.133. The van der Waals surface area contributed by atoms with Crippen molar-refractivity contribution in [3.8, 4) is 0 Å². The average molecular weight is 335 g/mol. The molecule has 1 atom stereocenters. The zero-order chi connectivity index (χ0) is 13.8. The van der Waals surface area contributed by atoms with Crippen molar-refractivity contribution in [1.29, 1.82) is 0 Å². The van der Waals surface area contributed by atoms with E-state index in [2.05, 4.69) is 9.88 Å². The number of hydrogen-bond acceptors (Lipinski definition) is 4. The third-order valence-electron chi connectivity index (χ3n) is 3.57. The van der Waals surface area contributed by atoms with E-state index in [1.807, 2.05) is 36.9 Å². The molecule has 21 heavy (non-hydrogen) atoms. The van der Waals surface area contributed by atoms with Crippen molar-refractivity contribution < 1.29 is 4.79 Å². The first-order chi connectivity index (χ1) is 9.09. The topological polar surface area (TPSA) is 62.5 Å². The highest BCUT2D eigenvalue weighted by Crippen LogP contribution is 2.13. The van der Waals surface area contributed by atoms with E-state index in [4.69, 9.17) is 5.73 Å². The van der Waals surface area contributed by atoms with Gasteiger partial charge in [0, 0.05) is 32.4 Å². The van der Waals surface area contributed by atoms with Crippen LogP contribution in [0.2, 0.25) is 0 Å². The van der Waals surface area contributed by atoms with Crippen LogP contribution in [0.1, 0.15) is 13.8 Å². The molecule has 120 valence electrons. The van der Waals surface area contributed by atoms with Crippen molar-refractivity contribution in [3.05, 3.63) is 24.4 Å². The van der Waals surface area contributed by atoms with E-state index in [-0.39, 0.29) is 42.7 Å². The molecule has 0 radical (unpaired) electrons. The highest BCUT2D eigenvalue weighted by Gasteiger charge is 2.27. The Kier molecular flexibility index (Phi) is 8.63. The van der Waals surface area contributed by atoms with E-state index < -0.39 is 0 Å². The molecule has 0 aliphatic carbocycles. The summed E-state index contributed by atoms with van der Waals surface area (Å²) >= 11 is 0. The fourth-order valence-corrected chi connectivity index (χ4v) is 2.19. The second-order valence-corrected chi connectivity index (χ2v) is 5.27. The summed E-state index contributed by atoms with van der Waals surface area (Å²) < 4.78 is 0. The van der Waals surface area contributed by atoms with Gasteiger partial charge in [0.1, 0.15) is 5.82 Å². The maximum atomic E-state index is 12.1. The number of halogens is 2. The van der Waals surface area contributed by atoms with Crippen LogP contribution in [0.15, 0.2) is 24.4 Å². The Balaban J connectivity index is 0.00000200. The summed E-state index contributed by atoms with van der Waals surface area (Å²) in [5.74, 6) is 1.22. The van der Waals surface area contributed by atoms with Crippen LogP contribution in [0, 0.1) is 5.92 Å². The van der Waals surface area contributed by atoms with Crippen LogP contribution in [0.25, 0.3) is 0 Å².